The number of aromatic amines is 1. The summed E-state index contributed by atoms with van der Waals surface area (Å²) in [5.74, 6) is 0. The van der Waals surface area contributed by atoms with Gasteiger partial charge >= 0.3 is 0 Å². The monoisotopic (exact) mass is 202 g/mol. The smallest absolute Gasteiger partial charge is 0.0458 e. The number of hydrogen-bond acceptors (Lipinski definition) is 1. The summed E-state index contributed by atoms with van der Waals surface area (Å²) >= 11 is 0. The number of benzene rings is 1. The maximum atomic E-state index is 3.39. The molecule has 1 aromatic carbocycles. The van der Waals surface area contributed by atoms with E-state index in [0.717, 1.165) is 13.1 Å². The second-order valence-corrected chi connectivity index (χ2v) is 4.04. The molecule has 0 saturated heterocycles. The normalized spacial score (nSPS) is 11.1. The van der Waals surface area contributed by atoms with Crippen LogP contribution in [0.15, 0.2) is 18.2 Å². The molecule has 15 heavy (non-hydrogen) atoms. The Morgan fingerprint density at radius 2 is 2.07 bits per heavy atom. The number of nitrogens with one attached hydrogen (secondary N) is 2. The van der Waals surface area contributed by atoms with Gasteiger partial charge in [0, 0.05) is 23.1 Å². The first-order valence-electron chi connectivity index (χ1n) is 5.51. The third kappa shape index (κ3) is 1.90. The lowest BCUT2D eigenvalue weighted by Crippen LogP contribution is -2.11. The second kappa shape index (κ2) is 4.07. The molecule has 80 valence electrons. The van der Waals surface area contributed by atoms with Gasteiger partial charge in [-0.25, -0.2) is 0 Å². The van der Waals surface area contributed by atoms with E-state index in [9.17, 15) is 0 Å². The number of fused-ring (bicyclic) bond motifs is 1. The largest absolute Gasteiger partial charge is 0.358 e. The van der Waals surface area contributed by atoms with Gasteiger partial charge in [-0.1, -0.05) is 13.0 Å². The van der Waals surface area contributed by atoms with Crippen molar-refractivity contribution in [1.82, 2.24) is 10.3 Å². The first-order valence-corrected chi connectivity index (χ1v) is 5.51. The molecule has 2 heteroatoms. The number of rotatable bonds is 3. The molecule has 0 fully saturated rings. The van der Waals surface area contributed by atoms with Crippen LogP contribution in [-0.2, 0) is 6.54 Å². The molecule has 0 saturated carbocycles. The summed E-state index contributed by atoms with van der Waals surface area (Å²) in [6.45, 7) is 8.40. The highest BCUT2D eigenvalue weighted by atomic mass is 14.8. The van der Waals surface area contributed by atoms with Crippen molar-refractivity contribution < 1.29 is 0 Å². The Hall–Kier alpha value is -1.28. The topological polar surface area (TPSA) is 27.8 Å². The van der Waals surface area contributed by atoms with Gasteiger partial charge in [-0.3, -0.25) is 0 Å². The number of H-pyrrole nitrogens is 1. The van der Waals surface area contributed by atoms with Gasteiger partial charge in [0.2, 0.25) is 0 Å². The van der Waals surface area contributed by atoms with Crippen LogP contribution >= 0.6 is 0 Å². The molecule has 0 aliphatic rings. The zero-order valence-corrected chi connectivity index (χ0v) is 9.65. The molecule has 0 spiro atoms. The van der Waals surface area contributed by atoms with Gasteiger partial charge in [0.05, 0.1) is 0 Å². The SMILES string of the molecule is CCNCc1ccc2[nH]c(C)c(C)c2c1. The summed E-state index contributed by atoms with van der Waals surface area (Å²) in [4.78, 5) is 3.39. The molecule has 1 heterocycles. The minimum atomic E-state index is 0.954. The lowest BCUT2D eigenvalue weighted by Gasteiger charge is -2.02. The number of aromatic nitrogens is 1. The van der Waals surface area contributed by atoms with Crippen LogP contribution in [0.5, 0.6) is 0 Å². The Labute approximate surface area is 90.7 Å². The van der Waals surface area contributed by atoms with Gasteiger partial charge in [0.15, 0.2) is 0 Å². The van der Waals surface area contributed by atoms with Crippen molar-refractivity contribution >= 4 is 10.9 Å². The summed E-state index contributed by atoms with van der Waals surface area (Å²) in [5.41, 5.74) is 5.23. The van der Waals surface area contributed by atoms with Gasteiger partial charge in [0.1, 0.15) is 0 Å². The fourth-order valence-electron chi connectivity index (χ4n) is 1.89. The number of aryl methyl sites for hydroxylation is 2. The predicted octanol–water partition coefficient (Wildman–Crippen LogP) is 2.89. The van der Waals surface area contributed by atoms with Gasteiger partial charge in [-0.05, 0) is 43.7 Å². The summed E-state index contributed by atoms with van der Waals surface area (Å²) in [7, 11) is 0. The first-order chi connectivity index (χ1) is 7.22. The van der Waals surface area contributed by atoms with E-state index in [-0.39, 0.29) is 0 Å². The van der Waals surface area contributed by atoms with Gasteiger partial charge in [-0.2, -0.15) is 0 Å². The van der Waals surface area contributed by atoms with Crippen molar-refractivity contribution in [3.8, 4) is 0 Å². The maximum absolute atomic E-state index is 3.39. The van der Waals surface area contributed by atoms with E-state index in [0.29, 0.717) is 0 Å². The van der Waals surface area contributed by atoms with Crippen LogP contribution in [0.25, 0.3) is 10.9 Å². The van der Waals surface area contributed by atoms with E-state index in [1.165, 1.54) is 27.7 Å². The highest BCUT2D eigenvalue weighted by Gasteiger charge is 2.04. The van der Waals surface area contributed by atoms with Gasteiger partial charge < -0.3 is 10.3 Å². The molecular weight excluding hydrogens is 184 g/mol. The summed E-state index contributed by atoms with van der Waals surface area (Å²) in [6.07, 6.45) is 0. The van der Waals surface area contributed by atoms with E-state index < -0.39 is 0 Å². The van der Waals surface area contributed by atoms with Crippen molar-refractivity contribution in [2.24, 2.45) is 0 Å². The average molecular weight is 202 g/mol. The summed E-state index contributed by atoms with van der Waals surface area (Å²) < 4.78 is 0. The van der Waals surface area contributed by atoms with Crippen molar-refractivity contribution in [1.29, 1.82) is 0 Å². The molecule has 0 unspecified atom stereocenters. The molecular formula is C13H18N2. The van der Waals surface area contributed by atoms with Crippen molar-refractivity contribution in [3.63, 3.8) is 0 Å². The van der Waals surface area contributed by atoms with Crippen molar-refractivity contribution in [2.45, 2.75) is 27.3 Å². The van der Waals surface area contributed by atoms with Gasteiger partial charge in [-0.15, -0.1) is 0 Å². The first kappa shape index (κ1) is 10.2. The summed E-state index contributed by atoms with van der Waals surface area (Å²) in [5, 5.41) is 4.70. The Morgan fingerprint density at radius 3 is 2.80 bits per heavy atom. The Morgan fingerprint density at radius 1 is 1.27 bits per heavy atom. The Kier molecular flexibility index (Phi) is 2.78. The van der Waals surface area contributed by atoms with Crippen LogP contribution in [0.3, 0.4) is 0 Å². The van der Waals surface area contributed by atoms with Crippen molar-refractivity contribution in [3.05, 3.63) is 35.0 Å². The Balaban J connectivity index is 2.41. The third-order valence-corrected chi connectivity index (χ3v) is 2.95. The van der Waals surface area contributed by atoms with Crippen LogP contribution in [-0.4, -0.2) is 11.5 Å². The molecule has 1 aromatic heterocycles. The molecule has 0 bridgehead atoms. The van der Waals surface area contributed by atoms with Crippen LogP contribution < -0.4 is 5.32 Å². The van der Waals surface area contributed by atoms with Crippen LogP contribution in [0.2, 0.25) is 0 Å². The standard InChI is InChI=1S/C13H18N2/c1-4-14-8-11-5-6-13-12(7-11)9(2)10(3)15-13/h5-7,14-15H,4,8H2,1-3H3. The van der Waals surface area contributed by atoms with E-state index in [1.54, 1.807) is 0 Å². The van der Waals surface area contributed by atoms with E-state index in [4.69, 9.17) is 0 Å². The molecule has 0 atom stereocenters. The van der Waals surface area contributed by atoms with E-state index in [2.05, 4.69) is 49.3 Å². The van der Waals surface area contributed by atoms with E-state index in [1.807, 2.05) is 0 Å². The molecule has 0 aliphatic heterocycles. The average Bonchev–Trinajstić information content (AvgIpc) is 2.52. The minimum Gasteiger partial charge on any atom is -0.358 e. The predicted molar refractivity (Wildman–Crippen MR) is 65.2 cm³/mol. The number of hydrogen-bond donors (Lipinski definition) is 2. The molecule has 2 nitrogen and oxygen atoms in total. The molecule has 0 aliphatic carbocycles. The second-order valence-electron chi connectivity index (χ2n) is 4.04. The van der Waals surface area contributed by atoms with Crippen LogP contribution in [0, 0.1) is 13.8 Å². The quantitative estimate of drug-likeness (QED) is 0.787. The zero-order valence-electron chi connectivity index (χ0n) is 9.65. The molecule has 0 radical (unpaired) electrons. The lowest BCUT2D eigenvalue weighted by molar-refractivity contribution is 0.727. The van der Waals surface area contributed by atoms with E-state index >= 15 is 0 Å². The third-order valence-electron chi connectivity index (χ3n) is 2.95. The molecule has 2 N–H and O–H groups in total. The van der Waals surface area contributed by atoms with Crippen molar-refractivity contribution in [2.75, 3.05) is 6.54 Å². The van der Waals surface area contributed by atoms with Crippen LogP contribution in [0.4, 0.5) is 0 Å². The zero-order chi connectivity index (χ0) is 10.8. The molecule has 2 rings (SSSR count). The maximum Gasteiger partial charge on any atom is 0.0458 e. The fourth-order valence-corrected chi connectivity index (χ4v) is 1.89. The molecule has 2 aromatic rings. The summed E-state index contributed by atoms with van der Waals surface area (Å²) in [6, 6.07) is 6.62. The van der Waals surface area contributed by atoms with Crippen LogP contribution in [0.1, 0.15) is 23.7 Å². The highest BCUT2D eigenvalue weighted by molar-refractivity contribution is 5.84. The minimum absolute atomic E-state index is 0.954. The van der Waals surface area contributed by atoms with Gasteiger partial charge in [0.25, 0.3) is 0 Å². The highest BCUT2D eigenvalue weighted by Crippen LogP contribution is 2.22. The Bertz CT molecular complexity index is 469. The lowest BCUT2D eigenvalue weighted by atomic mass is 10.1. The fraction of sp³-hybridized carbons (Fsp3) is 0.385. The molecule has 0 amide bonds.